The van der Waals surface area contributed by atoms with Gasteiger partial charge in [0, 0.05) is 53.8 Å². The summed E-state index contributed by atoms with van der Waals surface area (Å²) in [6.07, 6.45) is 9.21. The molecule has 1 saturated heterocycles. The lowest BCUT2D eigenvalue weighted by Gasteiger charge is -2.29. The van der Waals surface area contributed by atoms with Crippen LogP contribution in [0.1, 0.15) is 19.3 Å². The third-order valence-electron chi connectivity index (χ3n) is 5.99. The number of pyridine rings is 1. The Balaban J connectivity index is 1.47. The van der Waals surface area contributed by atoms with E-state index in [1.807, 2.05) is 63.9 Å². The molecule has 0 atom stereocenters. The summed E-state index contributed by atoms with van der Waals surface area (Å²) in [4.78, 5) is 11.5. The van der Waals surface area contributed by atoms with Gasteiger partial charge in [-0.2, -0.15) is 14.7 Å². The van der Waals surface area contributed by atoms with Crippen LogP contribution in [-0.4, -0.2) is 42.5 Å². The van der Waals surface area contributed by atoms with Crippen LogP contribution in [0, 0.1) is 0 Å². The first-order valence-electron chi connectivity index (χ1n) is 11.1. The van der Waals surface area contributed by atoms with Crippen molar-refractivity contribution < 1.29 is 0 Å². The van der Waals surface area contributed by atoms with Gasteiger partial charge in [0.2, 0.25) is 0 Å². The summed E-state index contributed by atoms with van der Waals surface area (Å²) in [5.41, 5.74) is 5.41. The second-order valence-electron chi connectivity index (χ2n) is 8.21. The summed E-state index contributed by atoms with van der Waals surface area (Å²) in [6, 6.07) is 18.2. The summed E-state index contributed by atoms with van der Waals surface area (Å²) >= 11 is 3.54. The summed E-state index contributed by atoms with van der Waals surface area (Å²) in [5, 5.41) is 9.74. The van der Waals surface area contributed by atoms with Crippen molar-refractivity contribution in [3.8, 4) is 28.3 Å². The van der Waals surface area contributed by atoms with Crippen molar-refractivity contribution in [1.82, 2.24) is 29.4 Å². The summed E-state index contributed by atoms with van der Waals surface area (Å²) in [5.74, 6) is 1.06. The van der Waals surface area contributed by atoms with Crippen molar-refractivity contribution >= 4 is 27.4 Å². The fourth-order valence-corrected chi connectivity index (χ4v) is 4.71. The fraction of sp³-hybridized carbons (Fsp3) is 0.200. The fourth-order valence-electron chi connectivity index (χ4n) is 4.32. The van der Waals surface area contributed by atoms with E-state index >= 15 is 0 Å². The van der Waals surface area contributed by atoms with Crippen molar-refractivity contribution in [3.63, 3.8) is 0 Å². The van der Waals surface area contributed by atoms with Crippen molar-refractivity contribution in [2.45, 2.75) is 19.3 Å². The van der Waals surface area contributed by atoms with Gasteiger partial charge in [0.1, 0.15) is 11.5 Å². The lowest BCUT2D eigenvalue weighted by atomic mass is 10.1. The Hall–Kier alpha value is -3.52. The SMILES string of the molecule is Brc1cccc(-n2ccc(-c3cc(N4CCCCC4)n4nc(-c5ccncc5)cc4n3)n2)c1. The van der Waals surface area contributed by atoms with Crippen LogP contribution in [0.4, 0.5) is 5.82 Å². The molecule has 0 saturated carbocycles. The molecule has 164 valence electrons. The lowest BCUT2D eigenvalue weighted by Crippen LogP contribution is -2.31. The standard InChI is InChI=1S/C25H22BrN7/c26-19-5-4-6-20(15-19)32-14-9-21(29-32)23-17-25(31-12-2-1-3-13-31)33-24(28-23)16-22(30-33)18-7-10-27-11-8-18/h4-11,14-17H,1-3,12-13H2. The van der Waals surface area contributed by atoms with Gasteiger partial charge in [0.05, 0.1) is 17.1 Å². The minimum Gasteiger partial charge on any atom is -0.356 e. The molecule has 4 aromatic heterocycles. The number of nitrogens with zero attached hydrogens (tertiary/aromatic N) is 7. The van der Waals surface area contributed by atoms with Gasteiger partial charge in [-0.3, -0.25) is 4.98 Å². The van der Waals surface area contributed by atoms with E-state index in [1.54, 1.807) is 12.4 Å². The van der Waals surface area contributed by atoms with E-state index in [9.17, 15) is 0 Å². The number of hydrogen-bond acceptors (Lipinski definition) is 5. The van der Waals surface area contributed by atoms with Crippen molar-refractivity contribution in [3.05, 3.63) is 77.7 Å². The molecule has 0 aliphatic carbocycles. The number of benzene rings is 1. The van der Waals surface area contributed by atoms with Crippen LogP contribution in [0.3, 0.4) is 0 Å². The summed E-state index contributed by atoms with van der Waals surface area (Å²) < 4.78 is 4.87. The third-order valence-corrected chi connectivity index (χ3v) is 6.48. The number of hydrogen-bond donors (Lipinski definition) is 0. The Morgan fingerprint density at radius 2 is 1.64 bits per heavy atom. The molecule has 7 nitrogen and oxygen atoms in total. The normalized spacial score (nSPS) is 14.2. The predicted octanol–water partition coefficient (Wildman–Crippen LogP) is 5.40. The molecule has 0 radical (unpaired) electrons. The quantitative estimate of drug-likeness (QED) is 0.331. The Bertz CT molecular complexity index is 1420. The number of rotatable bonds is 4. The minimum atomic E-state index is 0.817. The predicted molar refractivity (Wildman–Crippen MR) is 133 cm³/mol. The average molecular weight is 500 g/mol. The molecule has 0 amide bonds. The van der Waals surface area contributed by atoms with Crippen LogP contribution in [0.2, 0.25) is 0 Å². The molecule has 6 rings (SSSR count). The lowest BCUT2D eigenvalue weighted by molar-refractivity contribution is 0.568. The van der Waals surface area contributed by atoms with E-state index in [1.165, 1.54) is 19.3 Å². The molecule has 5 heterocycles. The smallest absolute Gasteiger partial charge is 0.158 e. The van der Waals surface area contributed by atoms with Crippen LogP contribution in [0.15, 0.2) is 77.7 Å². The van der Waals surface area contributed by atoms with E-state index < -0.39 is 0 Å². The molecule has 1 aliphatic heterocycles. The number of halogens is 1. The Morgan fingerprint density at radius 3 is 2.45 bits per heavy atom. The summed E-state index contributed by atoms with van der Waals surface area (Å²) in [6.45, 7) is 2.05. The summed E-state index contributed by atoms with van der Waals surface area (Å²) in [7, 11) is 0. The molecular weight excluding hydrogens is 478 g/mol. The highest BCUT2D eigenvalue weighted by molar-refractivity contribution is 9.10. The zero-order chi connectivity index (χ0) is 22.2. The molecule has 0 unspecified atom stereocenters. The maximum atomic E-state index is 4.94. The molecule has 8 heteroatoms. The zero-order valence-electron chi connectivity index (χ0n) is 18.0. The van der Waals surface area contributed by atoms with Gasteiger partial charge in [-0.25, -0.2) is 9.67 Å². The molecule has 5 aromatic rings. The number of piperidine rings is 1. The van der Waals surface area contributed by atoms with Crippen LogP contribution >= 0.6 is 15.9 Å². The first-order valence-corrected chi connectivity index (χ1v) is 11.9. The van der Waals surface area contributed by atoms with Gasteiger partial charge < -0.3 is 4.90 Å². The molecule has 1 aliphatic rings. The largest absolute Gasteiger partial charge is 0.356 e. The van der Waals surface area contributed by atoms with E-state index in [2.05, 4.69) is 31.9 Å². The van der Waals surface area contributed by atoms with Crippen LogP contribution in [0.25, 0.3) is 34.0 Å². The van der Waals surface area contributed by atoms with Crippen molar-refractivity contribution in [2.24, 2.45) is 0 Å². The van der Waals surface area contributed by atoms with E-state index in [4.69, 9.17) is 15.2 Å². The highest BCUT2D eigenvalue weighted by Gasteiger charge is 2.19. The Kier molecular flexibility index (Phi) is 5.14. The van der Waals surface area contributed by atoms with Crippen molar-refractivity contribution in [2.75, 3.05) is 18.0 Å². The first kappa shape index (κ1) is 20.1. The van der Waals surface area contributed by atoms with Gasteiger partial charge in [-0.05, 0) is 55.7 Å². The van der Waals surface area contributed by atoms with E-state index in [-0.39, 0.29) is 0 Å². The average Bonchev–Trinajstić information content (AvgIpc) is 3.52. The maximum absolute atomic E-state index is 4.94. The molecular formula is C25H22BrN7. The van der Waals surface area contributed by atoms with Crippen molar-refractivity contribution in [1.29, 1.82) is 0 Å². The van der Waals surface area contributed by atoms with Gasteiger partial charge in [0.25, 0.3) is 0 Å². The molecule has 0 bridgehead atoms. The monoisotopic (exact) mass is 499 g/mol. The highest BCUT2D eigenvalue weighted by Crippen LogP contribution is 2.29. The molecule has 1 aromatic carbocycles. The Morgan fingerprint density at radius 1 is 0.788 bits per heavy atom. The number of anilines is 1. The topological polar surface area (TPSA) is 64.1 Å². The Labute approximate surface area is 199 Å². The molecule has 0 spiro atoms. The van der Waals surface area contributed by atoms with Gasteiger partial charge in [-0.15, -0.1) is 0 Å². The van der Waals surface area contributed by atoms with Crippen LogP contribution in [-0.2, 0) is 0 Å². The molecule has 33 heavy (non-hydrogen) atoms. The molecule has 1 fully saturated rings. The van der Waals surface area contributed by atoms with Gasteiger partial charge >= 0.3 is 0 Å². The molecule has 0 N–H and O–H groups in total. The first-order chi connectivity index (χ1) is 16.2. The zero-order valence-corrected chi connectivity index (χ0v) is 19.6. The van der Waals surface area contributed by atoms with Crippen LogP contribution < -0.4 is 4.90 Å². The number of aromatic nitrogens is 6. The number of fused-ring (bicyclic) bond motifs is 1. The maximum Gasteiger partial charge on any atom is 0.158 e. The highest BCUT2D eigenvalue weighted by atomic mass is 79.9. The minimum absolute atomic E-state index is 0.817. The second-order valence-corrected chi connectivity index (χ2v) is 9.12. The van der Waals surface area contributed by atoms with Gasteiger partial charge in [0.15, 0.2) is 5.65 Å². The second kappa shape index (κ2) is 8.44. The van der Waals surface area contributed by atoms with E-state index in [0.717, 1.165) is 57.4 Å². The van der Waals surface area contributed by atoms with Gasteiger partial charge in [-0.1, -0.05) is 22.0 Å². The van der Waals surface area contributed by atoms with Crippen LogP contribution in [0.5, 0.6) is 0 Å². The third kappa shape index (κ3) is 3.91. The van der Waals surface area contributed by atoms with E-state index in [0.29, 0.717) is 0 Å².